The van der Waals surface area contributed by atoms with Crippen molar-refractivity contribution in [1.29, 1.82) is 0 Å². The molecule has 5 atom stereocenters. The number of hydrogen-bond donors (Lipinski definition) is 7. The number of aliphatic carboxylic acids is 1. The highest BCUT2D eigenvalue weighted by Gasteiger charge is 2.44. The summed E-state index contributed by atoms with van der Waals surface area (Å²) in [6, 6.07) is -0.758. The van der Waals surface area contributed by atoms with Crippen LogP contribution in [0.4, 0.5) is 10.6 Å². The van der Waals surface area contributed by atoms with Gasteiger partial charge < -0.3 is 41.3 Å². The van der Waals surface area contributed by atoms with Crippen molar-refractivity contribution in [3.8, 4) is 0 Å². The number of nitrogens with one attached hydrogen (secondary N) is 1. The summed E-state index contributed by atoms with van der Waals surface area (Å²) in [6.07, 6.45) is -0.976. The highest BCUT2D eigenvalue weighted by atomic mass is 32.2. The Hall–Kier alpha value is -2.72. The van der Waals surface area contributed by atoms with Gasteiger partial charge in [-0.3, -0.25) is 9.36 Å². The van der Waals surface area contributed by atoms with Gasteiger partial charge in [0.25, 0.3) is 0 Å². The first-order valence-electron chi connectivity index (χ1n) is 8.99. The average molecular weight is 460 g/mol. The Balaban J connectivity index is 0.000000785. The van der Waals surface area contributed by atoms with Crippen molar-refractivity contribution in [3.63, 3.8) is 0 Å². The molecular formula is C16H24N6O8S. The molecule has 0 saturated carbocycles. The van der Waals surface area contributed by atoms with Gasteiger partial charge in [0.05, 0.1) is 6.33 Å². The lowest BCUT2D eigenvalue weighted by Gasteiger charge is -2.19. The van der Waals surface area contributed by atoms with Gasteiger partial charge >= 0.3 is 12.1 Å². The molecule has 0 radical (unpaired) electrons. The maximum atomic E-state index is 11.3. The van der Waals surface area contributed by atoms with Crippen LogP contribution >= 0.6 is 11.8 Å². The summed E-state index contributed by atoms with van der Waals surface area (Å²) in [6.45, 7) is 0.0732. The Morgan fingerprint density at radius 3 is 2.55 bits per heavy atom. The molecule has 1 saturated heterocycles. The first-order chi connectivity index (χ1) is 14.7. The van der Waals surface area contributed by atoms with E-state index in [-0.39, 0.29) is 12.4 Å². The molecule has 1 aliphatic rings. The van der Waals surface area contributed by atoms with Gasteiger partial charge in [-0.25, -0.2) is 19.7 Å². The van der Waals surface area contributed by atoms with E-state index < -0.39 is 42.7 Å². The van der Waals surface area contributed by atoms with Crippen LogP contribution in [-0.4, -0.2) is 100 Å². The number of carbonyl (C=O) groups is 2. The summed E-state index contributed by atoms with van der Waals surface area (Å²) < 4.78 is 7.25. The number of nitrogen functional groups attached to an aromatic ring is 1. The van der Waals surface area contributed by atoms with Crippen LogP contribution in [0.2, 0.25) is 0 Å². The summed E-state index contributed by atoms with van der Waals surface area (Å²) in [5.74, 6) is -0.0876. The monoisotopic (exact) mass is 460 g/mol. The lowest BCUT2D eigenvalue weighted by atomic mass is 10.1. The number of carboxylic acids is 1. The molecule has 15 heteroatoms. The van der Waals surface area contributed by atoms with Gasteiger partial charge in [-0.05, 0) is 18.4 Å². The summed E-state index contributed by atoms with van der Waals surface area (Å²) in [4.78, 5) is 32.0. The SMILES string of the molecule is CSCC[C@H](NC[C@H]1O[C@@H](n2cnc3c(N)ncnc32)[C@H](O)[C@@H]1O)C(=O)O.O=C(O)O. The van der Waals surface area contributed by atoms with Gasteiger partial charge in [0.2, 0.25) is 0 Å². The molecule has 0 spiro atoms. The number of ether oxygens (including phenoxy) is 1. The number of aromatic nitrogens is 4. The lowest BCUT2D eigenvalue weighted by Crippen LogP contribution is -2.44. The van der Waals surface area contributed by atoms with Crippen LogP contribution in [0.1, 0.15) is 12.6 Å². The third kappa shape index (κ3) is 6.14. The maximum Gasteiger partial charge on any atom is 0.503 e. The minimum Gasteiger partial charge on any atom is -0.480 e. The Kier molecular flexibility index (Phi) is 8.76. The fourth-order valence-corrected chi connectivity index (χ4v) is 3.46. The topological polar surface area (TPSA) is 226 Å². The number of carboxylic acid groups (broad SMARTS) is 3. The van der Waals surface area contributed by atoms with Crippen LogP contribution in [0.25, 0.3) is 11.2 Å². The minimum atomic E-state index is -1.83. The van der Waals surface area contributed by atoms with Gasteiger partial charge in [-0.1, -0.05) is 0 Å². The lowest BCUT2D eigenvalue weighted by molar-refractivity contribution is -0.139. The maximum absolute atomic E-state index is 11.3. The van der Waals surface area contributed by atoms with Crippen molar-refractivity contribution in [2.45, 2.75) is 37.0 Å². The number of anilines is 1. The van der Waals surface area contributed by atoms with Crippen molar-refractivity contribution in [3.05, 3.63) is 12.7 Å². The van der Waals surface area contributed by atoms with Gasteiger partial charge in [0.1, 0.15) is 36.2 Å². The normalized spacial score (nSPS) is 23.8. The number of aliphatic hydroxyl groups excluding tert-OH is 2. The van der Waals surface area contributed by atoms with Crippen LogP contribution in [-0.2, 0) is 9.53 Å². The molecule has 2 aromatic rings. The second kappa shape index (κ2) is 11.1. The molecule has 172 valence electrons. The first kappa shape index (κ1) is 24.5. The summed E-state index contributed by atoms with van der Waals surface area (Å²) in [7, 11) is 0. The summed E-state index contributed by atoms with van der Waals surface area (Å²) in [5, 5.41) is 46.8. The van der Waals surface area contributed by atoms with Crippen LogP contribution < -0.4 is 11.1 Å². The number of fused-ring (bicyclic) bond motifs is 1. The van der Waals surface area contributed by atoms with Gasteiger partial charge in [-0.15, -0.1) is 0 Å². The summed E-state index contributed by atoms with van der Waals surface area (Å²) in [5.41, 5.74) is 6.50. The smallest absolute Gasteiger partial charge is 0.480 e. The number of hydrogen-bond acceptors (Lipinski definition) is 11. The molecule has 3 heterocycles. The zero-order chi connectivity index (χ0) is 23.1. The highest BCUT2D eigenvalue weighted by Crippen LogP contribution is 2.31. The van der Waals surface area contributed by atoms with Crippen molar-refractivity contribution in [2.75, 3.05) is 24.3 Å². The fraction of sp³-hybridized carbons (Fsp3) is 0.562. The molecule has 8 N–H and O–H groups in total. The third-order valence-electron chi connectivity index (χ3n) is 4.47. The Morgan fingerprint density at radius 2 is 1.94 bits per heavy atom. The molecule has 1 fully saturated rings. The summed E-state index contributed by atoms with van der Waals surface area (Å²) >= 11 is 1.55. The van der Waals surface area contributed by atoms with Gasteiger partial charge in [-0.2, -0.15) is 11.8 Å². The first-order valence-corrected chi connectivity index (χ1v) is 10.4. The number of nitrogens with zero attached hydrogens (tertiary/aromatic N) is 4. The van der Waals surface area contributed by atoms with Crippen molar-refractivity contribution >= 4 is 40.9 Å². The zero-order valence-corrected chi connectivity index (χ0v) is 17.2. The molecule has 1 aliphatic heterocycles. The van der Waals surface area contributed by atoms with Crippen molar-refractivity contribution in [2.24, 2.45) is 0 Å². The van der Waals surface area contributed by atoms with Crippen LogP contribution in [0.3, 0.4) is 0 Å². The standard InChI is InChI=1S/C15H22N6O5S.CH2O3/c1-27-3-2-7(15(24)25)17-4-8-10(22)11(23)14(26-8)21-6-20-9-12(16)18-5-19-13(9)21;2-1(3)4/h5-8,10-11,14,17,22-23H,2-4H2,1H3,(H,24,25)(H2,16,18,19);(H2,2,3,4)/t7-,8+,10+,11+,14+;/m0./s1. The quantitative estimate of drug-likeness (QED) is 0.252. The van der Waals surface area contributed by atoms with Gasteiger partial charge in [0.15, 0.2) is 17.7 Å². The Bertz CT molecular complexity index is 894. The molecule has 0 unspecified atom stereocenters. The molecule has 0 amide bonds. The number of rotatable bonds is 8. The number of nitrogens with two attached hydrogens (primary N) is 1. The van der Waals surface area contributed by atoms with Crippen LogP contribution in [0.5, 0.6) is 0 Å². The average Bonchev–Trinajstić information content (AvgIpc) is 3.24. The molecule has 0 aliphatic carbocycles. The predicted molar refractivity (Wildman–Crippen MR) is 109 cm³/mol. The molecule has 0 aromatic carbocycles. The van der Waals surface area contributed by atoms with Crippen molar-refractivity contribution in [1.82, 2.24) is 24.8 Å². The largest absolute Gasteiger partial charge is 0.503 e. The van der Waals surface area contributed by atoms with Crippen molar-refractivity contribution < 1.29 is 39.9 Å². The van der Waals surface area contributed by atoms with E-state index in [1.54, 1.807) is 11.8 Å². The number of imidazole rings is 1. The minimum absolute atomic E-state index is 0.0732. The van der Waals surface area contributed by atoms with Crippen LogP contribution in [0, 0.1) is 0 Å². The second-order valence-electron chi connectivity index (χ2n) is 6.49. The Labute approximate surface area is 180 Å². The number of thioether (sulfide) groups is 1. The van der Waals surface area contributed by atoms with E-state index in [0.717, 1.165) is 0 Å². The van der Waals surface area contributed by atoms with E-state index in [9.17, 15) is 20.1 Å². The molecule has 31 heavy (non-hydrogen) atoms. The highest BCUT2D eigenvalue weighted by molar-refractivity contribution is 7.98. The van der Waals surface area contributed by atoms with E-state index in [1.165, 1.54) is 17.2 Å². The van der Waals surface area contributed by atoms with E-state index in [1.807, 2.05) is 6.26 Å². The van der Waals surface area contributed by atoms with E-state index in [2.05, 4.69) is 20.3 Å². The van der Waals surface area contributed by atoms with E-state index >= 15 is 0 Å². The molecular weight excluding hydrogens is 436 g/mol. The zero-order valence-electron chi connectivity index (χ0n) is 16.4. The van der Waals surface area contributed by atoms with Crippen LogP contribution in [0.15, 0.2) is 12.7 Å². The molecule has 0 bridgehead atoms. The van der Waals surface area contributed by atoms with E-state index in [0.29, 0.717) is 23.3 Å². The molecule has 2 aromatic heterocycles. The predicted octanol–water partition coefficient (Wildman–Crippen LogP) is -0.954. The Morgan fingerprint density at radius 1 is 1.26 bits per heavy atom. The third-order valence-corrected chi connectivity index (χ3v) is 5.12. The fourth-order valence-electron chi connectivity index (χ4n) is 2.99. The van der Waals surface area contributed by atoms with E-state index in [4.69, 9.17) is 25.5 Å². The number of aliphatic hydroxyl groups is 2. The molecule has 14 nitrogen and oxygen atoms in total. The molecule has 3 rings (SSSR count). The van der Waals surface area contributed by atoms with Gasteiger partial charge in [0, 0.05) is 6.54 Å². The second-order valence-corrected chi connectivity index (χ2v) is 7.48.